The van der Waals surface area contributed by atoms with Crippen LogP contribution in [-0.4, -0.2) is 40.8 Å². The third-order valence-electron chi connectivity index (χ3n) is 6.84. The Morgan fingerprint density at radius 3 is 2.45 bits per heavy atom. The number of alkyl halides is 3. The summed E-state index contributed by atoms with van der Waals surface area (Å²) in [6.45, 7) is 4.52. The first kappa shape index (κ1) is 31.6. The van der Waals surface area contributed by atoms with Gasteiger partial charge in [-0.25, -0.2) is 14.6 Å². The number of carboxylic acid groups (broad SMARTS) is 1. The van der Waals surface area contributed by atoms with Crippen LogP contribution in [0.1, 0.15) is 36.6 Å². The van der Waals surface area contributed by atoms with Crippen molar-refractivity contribution in [2.24, 2.45) is 0 Å². The number of rotatable bonds is 2. The minimum atomic E-state index is -5.08. The summed E-state index contributed by atoms with van der Waals surface area (Å²) in [5.74, 6) is -2.47. The summed E-state index contributed by atoms with van der Waals surface area (Å²) in [7, 11) is 0. The SMILES string of the molecule is CC1(C)COC(=O)Nc2cccc(c2)CNC(=O)C(Nc2ccc3c(N)nccc3c2)c2ccc1cc2.O=C(O)C(F)(F)F. The number of nitrogens with two attached hydrogens (primary N) is 1. The van der Waals surface area contributed by atoms with Gasteiger partial charge in [-0.1, -0.05) is 50.2 Å². The summed E-state index contributed by atoms with van der Waals surface area (Å²) in [5, 5.41) is 18.1. The molecule has 4 aromatic rings. The number of carboxylic acids is 1. The molecular weight excluding hydrogens is 579 g/mol. The fourth-order valence-electron chi connectivity index (χ4n) is 4.42. The Hall–Kier alpha value is -5.33. The number of hydrogen-bond donors (Lipinski definition) is 5. The number of fused-ring (bicyclic) bond motifs is 10. The summed E-state index contributed by atoms with van der Waals surface area (Å²) in [6, 6.07) is 22.1. The number of pyridine rings is 1. The summed E-state index contributed by atoms with van der Waals surface area (Å²) in [6.07, 6.45) is -3.93. The monoisotopic (exact) mass is 609 g/mol. The smallest absolute Gasteiger partial charge is 0.475 e. The van der Waals surface area contributed by atoms with E-state index in [0.717, 1.165) is 33.2 Å². The molecule has 0 aliphatic carbocycles. The van der Waals surface area contributed by atoms with Gasteiger partial charge in [0.05, 0.1) is 0 Å². The molecule has 0 saturated heterocycles. The fourth-order valence-corrected chi connectivity index (χ4v) is 4.42. The van der Waals surface area contributed by atoms with Crippen molar-refractivity contribution in [1.82, 2.24) is 10.3 Å². The molecule has 1 aromatic heterocycles. The second-order valence-corrected chi connectivity index (χ2v) is 10.6. The van der Waals surface area contributed by atoms with E-state index in [2.05, 4.69) is 20.9 Å². The van der Waals surface area contributed by atoms with Crippen molar-refractivity contribution in [3.8, 4) is 0 Å². The second-order valence-electron chi connectivity index (χ2n) is 10.6. The zero-order valence-electron chi connectivity index (χ0n) is 23.7. The van der Waals surface area contributed by atoms with E-state index in [0.29, 0.717) is 18.1 Å². The Bertz CT molecular complexity index is 1680. The molecule has 13 heteroatoms. The quantitative estimate of drug-likeness (QED) is 0.192. The van der Waals surface area contributed by atoms with E-state index in [4.69, 9.17) is 20.4 Å². The molecule has 2 amide bonds. The summed E-state index contributed by atoms with van der Waals surface area (Å²) in [4.78, 5) is 38.9. The number of nitrogen functional groups attached to an aromatic ring is 1. The first-order chi connectivity index (χ1) is 20.7. The molecule has 230 valence electrons. The lowest BCUT2D eigenvalue weighted by Crippen LogP contribution is -2.33. The lowest BCUT2D eigenvalue weighted by Gasteiger charge is -2.26. The van der Waals surface area contributed by atoms with Gasteiger partial charge in [0.15, 0.2) is 0 Å². The van der Waals surface area contributed by atoms with Crippen molar-refractivity contribution < 1.29 is 37.4 Å². The van der Waals surface area contributed by atoms with Gasteiger partial charge >= 0.3 is 18.2 Å². The lowest BCUT2D eigenvalue weighted by atomic mass is 9.84. The number of aromatic nitrogens is 1. The molecule has 6 rings (SSSR count). The molecule has 2 aliphatic heterocycles. The maximum atomic E-state index is 13.5. The molecule has 0 saturated carbocycles. The number of amides is 2. The fraction of sp³-hybridized carbons (Fsp3) is 0.226. The summed E-state index contributed by atoms with van der Waals surface area (Å²) in [5.41, 5.74) is 9.62. The second kappa shape index (κ2) is 12.9. The molecule has 0 radical (unpaired) electrons. The highest BCUT2D eigenvalue weighted by molar-refractivity contribution is 5.94. The molecule has 2 aliphatic rings. The van der Waals surface area contributed by atoms with Crippen LogP contribution in [0.15, 0.2) is 79.0 Å². The highest BCUT2D eigenvalue weighted by Gasteiger charge is 2.38. The molecular formula is C31H30F3N5O5. The molecule has 44 heavy (non-hydrogen) atoms. The highest BCUT2D eigenvalue weighted by Crippen LogP contribution is 2.29. The number of nitrogens with one attached hydrogen (secondary N) is 3. The van der Waals surface area contributed by atoms with Crippen molar-refractivity contribution in [2.75, 3.05) is 23.0 Å². The maximum Gasteiger partial charge on any atom is 0.490 e. The third-order valence-corrected chi connectivity index (χ3v) is 6.84. The van der Waals surface area contributed by atoms with E-state index in [9.17, 15) is 22.8 Å². The van der Waals surface area contributed by atoms with Crippen molar-refractivity contribution in [2.45, 2.75) is 38.0 Å². The normalized spacial score (nSPS) is 16.5. The first-order valence-electron chi connectivity index (χ1n) is 13.3. The number of carbonyl (C=O) groups excluding carboxylic acids is 2. The number of nitrogens with zero attached hydrogens (tertiary/aromatic N) is 1. The predicted octanol–water partition coefficient (Wildman–Crippen LogP) is 5.76. The van der Waals surface area contributed by atoms with E-state index >= 15 is 0 Å². The van der Waals surface area contributed by atoms with Gasteiger partial charge in [0, 0.05) is 34.9 Å². The third kappa shape index (κ3) is 7.94. The van der Waals surface area contributed by atoms with E-state index in [1.807, 2.05) is 80.6 Å². The van der Waals surface area contributed by atoms with Crippen LogP contribution in [0.2, 0.25) is 0 Å². The van der Waals surface area contributed by atoms with Gasteiger partial charge in [0.25, 0.3) is 0 Å². The largest absolute Gasteiger partial charge is 0.490 e. The van der Waals surface area contributed by atoms with Crippen LogP contribution in [0.4, 0.5) is 35.2 Å². The lowest BCUT2D eigenvalue weighted by molar-refractivity contribution is -0.192. The zero-order valence-corrected chi connectivity index (χ0v) is 23.7. The average molecular weight is 610 g/mol. The minimum absolute atomic E-state index is 0.175. The molecule has 0 fully saturated rings. The number of anilines is 3. The number of halogens is 3. The van der Waals surface area contributed by atoms with Gasteiger partial charge in [-0.3, -0.25) is 10.1 Å². The number of ether oxygens (including phenoxy) is 1. The van der Waals surface area contributed by atoms with Crippen molar-refractivity contribution in [1.29, 1.82) is 0 Å². The van der Waals surface area contributed by atoms with Gasteiger partial charge in [0.2, 0.25) is 5.91 Å². The van der Waals surface area contributed by atoms with Crippen LogP contribution < -0.4 is 21.7 Å². The minimum Gasteiger partial charge on any atom is -0.475 e. The van der Waals surface area contributed by atoms with E-state index in [-0.39, 0.29) is 12.5 Å². The molecule has 4 bridgehead atoms. The standard InChI is InChI=1S/C29H29N5O3.C2HF3O2/c1-29(2)17-37-28(36)34-22-5-3-4-18(14-22)16-32-27(35)25(19-6-8-21(29)9-7-19)33-23-10-11-24-20(15-23)12-13-31-26(24)30;3-2(4,5)1(6)7/h3-15,25,33H,16-17H2,1-2H3,(H2,30,31)(H,32,35)(H,34,36);(H,6,7). The van der Waals surface area contributed by atoms with Crippen molar-refractivity contribution in [3.63, 3.8) is 0 Å². The average Bonchev–Trinajstić information content (AvgIpc) is 2.97. The highest BCUT2D eigenvalue weighted by atomic mass is 19.4. The van der Waals surface area contributed by atoms with Crippen molar-refractivity contribution in [3.05, 3.63) is 95.7 Å². The van der Waals surface area contributed by atoms with E-state index in [1.165, 1.54) is 0 Å². The molecule has 1 unspecified atom stereocenters. The van der Waals surface area contributed by atoms with Crippen LogP contribution in [0.3, 0.4) is 0 Å². The topological polar surface area (TPSA) is 156 Å². The van der Waals surface area contributed by atoms with E-state index < -0.39 is 29.7 Å². The molecule has 1 atom stereocenters. The summed E-state index contributed by atoms with van der Waals surface area (Å²) < 4.78 is 37.3. The van der Waals surface area contributed by atoms with Gasteiger partial charge < -0.3 is 26.2 Å². The van der Waals surface area contributed by atoms with Gasteiger partial charge in [0.1, 0.15) is 18.5 Å². The Morgan fingerprint density at radius 1 is 1.07 bits per heavy atom. The molecule has 0 spiro atoms. The van der Waals surface area contributed by atoms with Crippen LogP contribution in [0.5, 0.6) is 0 Å². The van der Waals surface area contributed by atoms with Crippen LogP contribution in [0, 0.1) is 0 Å². The Labute approximate surface area is 250 Å². The van der Waals surface area contributed by atoms with Gasteiger partial charge in [-0.05, 0) is 58.5 Å². The van der Waals surface area contributed by atoms with Gasteiger partial charge in [-0.2, -0.15) is 13.2 Å². The van der Waals surface area contributed by atoms with Crippen LogP contribution >= 0.6 is 0 Å². The predicted molar refractivity (Wildman–Crippen MR) is 159 cm³/mol. The Kier molecular flexibility index (Phi) is 9.26. The summed E-state index contributed by atoms with van der Waals surface area (Å²) >= 11 is 0. The molecule has 3 aromatic carbocycles. The Balaban J connectivity index is 0.000000566. The first-order valence-corrected chi connectivity index (χ1v) is 13.3. The van der Waals surface area contributed by atoms with Gasteiger partial charge in [-0.15, -0.1) is 0 Å². The number of hydrogen-bond acceptors (Lipinski definition) is 7. The van der Waals surface area contributed by atoms with E-state index in [1.54, 1.807) is 12.3 Å². The number of benzene rings is 3. The van der Waals surface area contributed by atoms with Crippen LogP contribution in [0.25, 0.3) is 10.8 Å². The number of aliphatic carboxylic acids is 1. The molecule has 3 heterocycles. The van der Waals surface area contributed by atoms with Crippen LogP contribution in [-0.2, 0) is 26.3 Å². The Morgan fingerprint density at radius 2 is 1.77 bits per heavy atom. The maximum absolute atomic E-state index is 13.5. The molecule has 6 N–H and O–H groups in total. The molecule has 10 nitrogen and oxygen atoms in total. The van der Waals surface area contributed by atoms with Crippen molar-refractivity contribution >= 4 is 45.9 Å². The zero-order chi connectivity index (χ0) is 32.1. The number of carbonyl (C=O) groups is 3.